The molecular formula is C20H36IN5. The van der Waals surface area contributed by atoms with Crippen molar-refractivity contribution in [3.8, 4) is 0 Å². The maximum Gasteiger partial charge on any atom is 0.190 e. The maximum atomic E-state index is 4.26. The van der Waals surface area contributed by atoms with Gasteiger partial charge in [-0.2, -0.15) is 0 Å². The Bertz CT molecular complexity index is 498. The van der Waals surface area contributed by atoms with Gasteiger partial charge in [-0.15, -0.1) is 24.0 Å². The molecule has 1 fully saturated rings. The molecule has 0 unspecified atom stereocenters. The third-order valence-electron chi connectivity index (χ3n) is 4.59. The summed E-state index contributed by atoms with van der Waals surface area (Å²) in [6, 6.07) is 10.8. The average Bonchev–Trinajstić information content (AvgIpc) is 2.65. The fourth-order valence-corrected chi connectivity index (χ4v) is 3.06. The van der Waals surface area contributed by atoms with Crippen molar-refractivity contribution >= 4 is 35.6 Å². The van der Waals surface area contributed by atoms with E-state index in [9.17, 15) is 0 Å². The summed E-state index contributed by atoms with van der Waals surface area (Å²) in [5, 5.41) is 6.76. The number of unbranched alkanes of at least 4 members (excludes halogenated alkanes) is 1. The van der Waals surface area contributed by atoms with Crippen LogP contribution in [0.5, 0.6) is 0 Å². The van der Waals surface area contributed by atoms with E-state index in [-0.39, 0.29) is 24.0 Å². The molecule has 6 heteroatoms. The van der Waals surface area contributed by atoms with Crippen molar-refractivity contribution in [2.24, 2.45) is 10.9 Å². The lowest BCUT2D eigenvalue weighted by Gasteiger charge is -2.36. The summed E-state index contributed by atoms with van der Waals surface area (Å²) in [7, 11) is 1.84. The lowest BCUT2D eigenvalue weighted by Crippen LogP contribution is -2.46. The van der Waals surface area contributed by atoms with Crippen LogP contribution in [-0.2, 0) is 0 Å². The number of guanidine groups is 1. The van der Waals surface area contributed by atoms with Gasteiger partial charge in [0.2, 0.25) is 0 Å². The fraction of sp³-hybridized carbons (Fsp3) is 0.650. The molecule has 26 heavy (non-hydrogen) atoms. The minimum Gasteiger partial charge on any atom is -0.369 e. The highest BCUT2D eigenvalue weighted by atomic mass is 127. The molecule has 2 rings (SSSR count). The van der Waals surface area contributed by atoms with E-state index >= 15 is 0 Å². The molecule has 2 N–H and O–H groups in total. The van der Waals surface area contributed by atoms with E-state index in [0.29, 0.717) is 5.92 Å². The highest BCUT2D eigenvalue weighted by Crippen LogP contribution is 2.15. The van der Waals surface area contributed by atoms with Crippen molar-refractivity contribution in [2.75, 3.05) is 57.8 Å². The molecule has 0 amide bonds. The van der Waals surface area contributed by atoms with Gasteiger partial charge in [0.25, 0.3) is 0 Å². The Labute approximate surface area is 176 Å². The standard InChI is InChI=1S/C20H35N5.HI/c1-18(2)17-23-20(21-3)22-11-7-8-12-24-13-15-25(16-14-24)19-9-5-4-6-10-19;/h4-6,9-10,18H,7-8,11-17H2,1-3H3,(H2,21,22,23);1H. The first-order chi connectivity index (χ1) is 12.2. The second-order valence-corrected chi connectivity index (χ2v) is 7.15. The summed E-state index contributed by atoms with van der Waals surface area (Å²) in [5.41, 5.74) is 1.35. The van der Waals surface area contributed by atoms with Crippen molar-refractivity contribution < 1.29 is 0 Å². The molecule has 1 aromatic rings. The first kappa shape index (κ1) is 23.0. The Morgan fingerprint density at radius 2 is 1.73 bits per heavy atom. The van der Waals surface area contributed by atoms with Gasteiger partial charge in [-0.25, -0.2) is 0 Å². The summed E-state index contributed by atoms with van der Waals surface area (Å²) in [5.74, 6) is 1.55. The van der Waals surface area contributed by atoms with Crippen LogP contribution in [0, 0.1) is 5.92 Å². The third-order valence-corrected chi connectivity index (χ3v) is 4.59. The summed E-state index contributed by atoms with van der Waals surface area (Å²) < 4.78 is 0. The molecule has 5 nitrogen and oxygen atoms in total. The van der Waals surface area contributed by atoms with Crippen LogP contribution in [0.4, 0.5) is 5.69 Å². The predicted octanol–water partition coefficient (Wildman–Crippen LogP) is 3.03. The normalized spacial score (nSPS) is 15.7. The van der Waals surface area contributed by atoms with Gasteiger partial charge < -0.3 is 15.5 Å². The number of para-hydroxylation sites is 1. The number of benzene rings is 1. The number of nitrogens with zero attached hydrogens (tertiary/aromatic N) is 3. The Morgan fingerprint density at radius 3 is 2.35 bits per heavy atom. The quantitative estimate of drug-likeness (QED) is 0.264. The first-order valence-electron chi connectivity index (χ1n) is 9.66. The predicted molar refractivity (Wildman–Crippen MR) is 124 cm³/mol. The van der Waals surface area contributed by atoms with Gasteiger partial charge in [0.05, 0.1) is 0 Å². The van der Waals surface area contributed by atoms with Gasteiger partial charge >= 0.3 is 0 Å². The van der Waals surface area contributed by atoms with E-state index < -0.39 is 0 Å². The lowest BCUT2D eigenvalue weighted by molar-refractivity contribution is 0.253. The van der Waals surface area contributed by atoms with Gasteiger partial charge in [-0.05, 0) is 37.4 Å². The Kier molecular flexibility index (Phi) is 11.7. The number of piperazine rings is 1. The van der Waals surface area contributed by atoms with Crippen molar-refractivity contribution in [3.63, 3.8) is 0 Å². The van der Waals surface area contributed by atoms with Gasteiger partial charge in [0, 0.05) is 52.0 Å². The number of nitrogens with one attached hydrogen (secondary N) is 2. The van der Waals surface area contributed by atoms with Crippen LogP contribution in [-0.4, -0.2) is 63.7 Å². The Balaban J connectivity index is 0.00000338. The van der Waals surface area contributed by atoms with Crippen molar-refractivity contribution in [1.82, 2.24) is 15.5 Å². The lowest BCUT2D eigenvalue weighted by atomic mass is 10.2. The zero-order valence-electron chi connectivity index (χ0n) is 16.6. The maximum absolute atomic E-state index is 4.26. The number of rotatable bonds is 8. The van der Waals surface area contributed by atoms with Crippen LogP contribution in [0.1, 0.15) is 26.7 Å². The average molecular weight is 473 g/mol. The van der Waals surface area contributed by atoms with Crippen molar-refractivity contribution in [3.05, 3.63) is 30.3 Å². The topological polar surface area (TPSA) is 42.9 Å². The number of hydrogen-bond acceptors (Lipinski definition) is 3. The SMILES string of the molecule is CN=C(NCCCCN1CCN(c2ccccc2)CC1)NCC(C)C.I. The van der Waals surface area contributed by atoms with Gasteiger partial charge in [-0.3, -0.25) is 9.89 Å². The molecule has 1 heterocycles. The zero-order valence-corrected chi connectivity index (χ0v) is 18.9. The van der Waals surface area contributed by atoms with Crippen molar-refractivity contribution in [1.29, 1.82) is 0 Å². The number of anilines is 1. The summed E-state index contributed by atoms with van der Waals surface area (Å²) in [4.78, 5) is 9.34. The molecule has 0 saturated carbocycles. The van der Waals surface area contributed by atoms with E-state index in [1.807, 2.05) is 7.05 Å². The smallest absolute Gasteiger partial charge is 0.190 e. The molecule has 1 aromatic carbocycles. The minimum absolute atomic E-state index is 0. The largest absolute Gasteiger partial charge is 0.369 e. The number of halogens is 1. The molecule has 0 spiro atoms. The Hall–Kier alpha value is -1.02. The molecular weight excluding hydrogens is 437 g/mol. The van der Waals surface area contributed by atoms with Crippen LogP contribution in [0.25, 0.3) is 0 Å². The van der Waals surface area contributed by atoms with Crippen LogP contribution >= 0.6 is 24.0 Å². The minimum atomic E-state index is 0. The van der Waals surface area contributed by atoms with Crippen molar-refractivity contribution in [2.45, 2.75) is 26.7 Å². The third kappa shape index (κ3) is 8.58. The van der Waals surface area contributed by atoms with E-state index in [4.69, 9.17) is 0 Å². The van der Waals surface area contributed by atoms with E-state index in [1.165, 1.54) is 38.2 Å². The summed E-state index contributed by atoms with van der Waals surface area (Å²) in [6.07, 6.45) is 2.42. The molecule has 0 atom stereocenters. The summed E-state index contributed by atoms with van der Waals surface area (Å²) in [6.45, 7) is 12.2. The van der Waals surface area contributed by atoms with E-state index in [2.05, 4.69) is 69.6 Å². The number of aliphatic imine (C=N–C) groups is 1. The van der Waals surface area contributed by atoms with Gasteiger partial charge in [-0.1, -0.05) is 32.0 Å². The van der Waals surface area contributed by atoms with Crippen LogP contribution in [0.15, 0.2) is 35.3 Å². The molecule has 0 aromatic heterocycles. The molecule has 0 aliphatic carbocycles. The zero-order chi connectivity index (χ0) is 17.9. The monoisotopic (exact) mass is 473 g/mol. The number of hydrogen-bond donors (Lipinski definition) is 2. The molecule has 1 saturated heterocycles. The highest BCUT2D eigenvalue weighted by molar-refractivity contribution is 14.0. The molecule has 1 aliphatic rings. The molecule has 148 valence electrons. The molecule has 0 bridgehead atoms. The molecule has 0 radical (unpaired) electrons. The van der Waals surface area contributed by atoms with Gasteiger partial charge in [0.15, 0.2) is 5.96 Å². The van der Waals surface area contributed by atoms with Crippen LogP contribution in [0.2, 0.25) is 0 Å². The van der Waals surface area contributed by atoms with E-state index in [1.54, 1.807) is 0 Å². The van der Waals surface area contributed by atoms with Crippen LogP contribution < -0.4 is 15.5 Å². The fourth-order valence-electron chi connectivity index (χ4n) is 3.06. The second-order valence-electron chi connectivity index (χ2n) is 7.15. The Morgan fingerprint density at radius 1 is 1.04 bits per heavy atom. The summed E-state index contributed by atoms with van der Waals surface area (Å²) >= 11 is 0. The van der Waals surface area contributed by atoms with E-state index in [0.717, 1.165) is 32.1 Å². The highest BCUT2D eigenvalue weighted by Gasteiger charge is 2.16. The second kappa shape index (κ2) is 13.2. The molecule has 1 aliphatic heterocycles. The van der Waals surface area contributed by atoms with Crippen LogP contribution in [0.3, 0.4) is 0 Å². The van der Waals surface area contributed by atoms with Gasteiger partial charge in [0.1, 0.15) is 0 Å². The first-order valence-corrected chi connectivity index (χ1v) is 9.66.